The van der Waals surface area contributed by atoms with Crippen LogP contribution in [0.25, 0.3) is 10.9 Å². The van der Waals surface area contributed by atoms with Crippen molar-refractivity contribution >= 4 is 44.1 Å². The molecular formula is C15H11BrN4O. The summed E-state index contributed by atoms with van der Waals surface area (Å²) >= 11 is 3.38. The summed E-state index contributed by atoms with van der Waals surface area (Å²) in [6.45, 7) is 0. The van der Waals surface area contributed by atoms with Gasteiger partial charge in [0.2, 0.25) is 0 Å². The molecule has 0 saturated heterocycles. The zero-order valence-electron chi connectivity index (χ0n) is 10.9. The highest BCUT2D eigenvalue weighted by atomic mass is 79.9. The number of nitrogen functional groups attached to an aromatic ring is 1. The van der Waals surface area contributed by atoms with E-state index < -0.39 is 0 Å². The second kappa shape index (κ2) is 5.49. The van der Waals surface area contributed by atoms with Crippen molar-refractivity contribution in [1.82, 2.24) is 9.97 Å². The number of rotatable bonds is 2. The predicted octanol–water partition coefficient (Wildman–Crippen LogP) is 3.23. The fourth-order valence-electron chi connectivity index (χ4n) is 2.02. The highest BCUT2D eigenvalue weighted by molar-refractivity contribution is 9.10. The van der Waals surface area contributed by atoms with Gasteiger partial charge in [0, 0.05) is 22.3 Å². The molecule has 1 amide bonds. The molecule has 1 aromatic carbocycles. The van der Waals surface area contributed by atoms with Crippen molar-refractivity contribution in [2.75, 3.05) is 11.1 Å². The summed E-state index contributed by atoms with van der Waals surface area (Å²) in [5.41, 5.74) is 7.63. The number of nitrogens with two attached hydrogens (primary N) is 1. The Kier molecular flexibility index (Phi) is 3.53. The number of carbonyl (C=O) groups excluding carboxylic acids is 1. The van der Waals surface area contributed by atoms with Gasteiger partial charge in [-0.15, -0.1) is 0 Å². The van der Waals surface area contributed by atoms with Crippen molar-refractivity contribution in [2.45, 2.75) is 0 Å². The zero-order valence-corrected chi connectivity index (χ0v) is 12.5. The molecule has 6 heteroatoms. The summed E-state index contributed by atoms with van der Waals surface area (Å²) in [6, 6.07) is 10.8. The molecule has 3 rings (SSSR count). The first-order chi connectivity index (χ1) is 10.1. The molecule has 3 aromatic rings. The first-order valence-corrected chi connectivity index (χ1v) is 7.00. The van der Waals surface area contributed by atoms with Crippen molar-refractivity contribution in [2.24, 2.45) is 0 Å². The van der Waals surface area contributed by atoms with Gasteiger partial charge in [-0.1, -0.05) is 12.1 Å². The van der Waals surface area contributed by atoms with E-state index in [4.69, 9.17) is 5.73 Å². The average Bonchev–Trinajstić information content (AvgIpc) is 2.47. The standard InChI is InChI=1S/C15H11BrN4O/c16-10-7-9-3-1-5-12(13(9)19-8-10)20-15(21)14-11(17)4-2-6-18-14/h1-8H,17H2,(H,20,21). The van der Waals surface area contributed by atoms with Gasteiger partial charge in [-0.25, -0.2) is 4.98 Å². The molecule has 0 atom stereocenters. The average molecular weight is 343 g/mol. The lowest BCUT2D eigenvalue weighted by molar-refractivity contribution is 0.102. The first kappa shape index (κ1) is 13.5. The highest BCUT2D eigenvalue weighted by Gasteiger charge is 2.13. The van der Waals surface area contributed by atoms with Crippen LogP contribution in [0.4, 0.5) is 11.4 Å². The number of benzene rings is 1. The van der Waals surface area contributed by atoms with Gasteiger partial charge >= 0.3 is 0 Å². The monoisotopic (exact) mass is 342 g/mol. The summed E-state index contributed by atoms with van der Waals surface area (Å²) in [5.74, 6) is -0.356. The molecule has 0 fully saturated rings. The second-order valence-electron chi connectivity index (χ2n) is 4.43. The van der Waals surface area contributed by atoms with Crippen LogP contribution in [0.3, 0.4) is 0 Å². The highest BCUT2D eigenvalue weighted by Crippen LogP contribution is 2.24. The smallest absolute Gasteiger partial charge is 0.276 e. The number of nitrogens with one attached hydrogen (secondary N) is 1. The van der Waals surface area contributed by atoms with Crippen molar-refractivity contribution in [1.29, 1.82) is 0 Å². The lowest BCUT2D eigenvalue weighted by Gasteiger charge is -2.09. The predicted molar refractivity (Wildman–Crippen MR) is 86.0 cm³/mol. The van der Waals surface area contributed by atoms with E-state index in [1.54, 1.807) is 24.4 Å². The normalized spacial score (nSPS) is 10.5. The number of carbonyl (C=O) groups is 1. The number of pyridine rings is 2. The molecular weight excluding hydrogens is 332 g/mol. The van der Waals surface area contributed by atoms with Gasteiger partial charge in [0.25, 0.3) is 5.91 Å². The fourth-order valence-corrected chi connectivity index (χ4v) is 2.37. The number of halogens is 1. The molecule has 104 valence electrons. The fraction of sp³-hybridized carbons (Fsp3) is 0. The number of hydrogen-bond acceptors (Lipinski definition) is 4. The van der Waals surface area contributed by atoms with Crippen LogP contribution >= 0.6 is 15.9 Å². The third-order valence-corrected chi connectivity index (χ3v) is 3.41. The van der Waals surface area contributed by atoms with E-state index in [1.165, 1.54) is 6.20 Å². The van der Waals surface area contributed by atoms with Gasteiger partial charge < -0.3 is 11.1 Å². The van der Waals surface area contributed by atoms with Gasteiger partial charge in [0.15, 0.2) is 5.69 Å². The van der Waals surface area contributed by atoms with E-state index in [2.05, 4.69) is 31.2 Å². The molecule has 0 radical (unpaired) electrons. The maximum absolute atomic E-state index is 12.3. The number of anilines is 2. The van der Waals surface area contributed by atoms with E-state index in [0.29, 0.717) is 16.9 Å². The molecule has 21 heavy (non-hydrogen) atoms. The van der Waals surface area contributed by atoms with Crippen LogP contribution < -0.4 is 11.1 Å². The van der Waals surface area contributed by atoms with Crippen LogP contribution in [0.5, 0.6) is 0 Å². The Morgan fingerprint density at radius 3 is 2.86 bits per heavy atom. The lowest BCUT2D eigenvalue weighted by Crippen LogP contribution is -2.16. The van der Waals surface area contributed by atoms with Gasteiger partial charge in [0.1, 0.15) is 0 Å². The minimum atomic E-state index is -0.356. The van der Waals surface area contributed by atoms with Crippen molar-refractivity contribution in [3.63, 3.8) is 0 Å². The zero-order chi connectivity index (χ0) is 14.8. The number of amides is 1. The maximum Gasteiger partial charge on any atom is 0.276 e. The minimum Gasteiger partial charge on any atom is -0.397 e. The van der Waals surface area contributed by atoms with E-state index in [1.807, 2.05) is 18.2 Å². The van der Waals surface area contributed by atoms with Crippen LogP contribution in [-0.2, 0) is 0 Å². The van der Waals surface area contributed by atoms with E-state index in [-0.39, 0.29) is 11.6 Å². The third kappa shape index (κ3) is 2.71. The molecule has 0 aliphatic carbocycles. The summed E-state index contributed by atoms with van der Waals surface area (Å²) in [7, 11) is 0. The molecule has 0 unspecified atom stereocenters. The molecule has 3 N–H and O–H groups in total. The van der Waals surface area contributed by atoms with Crippen LogP contribution in [-0.4, -0.2) is 15.9 Å². The Bertz CT molecular complexity index is 835. The van der Waals surface area contributed by atoms with Gasteiger partial charge in [-0.2, -0.15) is 0 Å². The largest absolute Gasteiger partial charge is 0.397 e. The number of nitrogens with zero attached hydrogens (tertiary/aromatic N) is 2. The topological polar surface area (TPSA) is 80.9 Å². The lowest BCUT2D eigenvalue weighted by atomic mass is 10.2. The quantitative estimate of drug-likeness (QED) is 0.749. The Labute approximate surface area is 129 Å². The van der Waals surface area contributed by atoms with Crippen LogP contribution in [0.1, 0.15) is 10.5 Å². The van der Waals surface area contributed by atoms with Crippen molar-refractivity contribution in [3.05, 3.63) is 59.0 Å². The van der Waals surface area contributed by atoms with Crippen LogP contribution in [0.2, 0.25) is 0 Å². The van der Waals surface area contributed by atoms with Gasteiger partial charge in [-0.3, -0.25) is 9.78 Å². The molecule has 0 bridgehead atoms. The van der Waals surface area contributed by atoms with Crippen LogP contribution in [0, 0.1) is 0 Å². The first-order valence-electron chi connectivity index (χ1n) is 6.21. The summed E-state index contributed by atoms with van der Waals surface area (Å²) < 4.78 is 0.882. The number of para-hydroxylation sites is 1. The number of hydrogen-bond donors (Lipinski definition) is 2. The van der Waals surface area contributed by atoms with Crippen molar-refractivity contribution < 1.29 is 4.79 Å². The molecule has 0 aliphatic heterocycles. The molecule has 2 heterocycles. The SMILES string of the molecule is Nc1cccnc1C(=O)Nc1cccc2cc(Br)cnc12. The number of aromatic nitrogens is 2. The van der Waals surface area contributed by atoms with Gasteiger partial charge in [0.05, 0.1) is 16.9 Å². The third-order valence-electron chi connectivity index (χ3n) is 2.98. The van der Waals surface area contributed by atoms with Crippen LogP contribution in [0.15, 0.2) is 53.3 Å². The molecule has 2 aromatic heterocycles. The van der Waals surface area contributed by atoms with E-state index in [9.17, 15) is 4.79 Å². The Morgan fingerprint density at radius 2 is 2.05 bits per heavy atom. The van der Waals surface area contributed by atoms with E-state index >= 15 is 0 Å². The Balaban J connectivity index is 1.99. The summed E-state index contributed by atoms with van der Waals surface area (Å²) in [4.78, 5) is 20.6. The summed E-state index contributed by atoms with van der Waals surface area (Å²) in [5, 5.41) is 3.73. The molecule has 5 nitrogen and oxygen atoms in total. The molecule has 0 spiro atoms. The Morgan fingerprint density at radius 1 is 1.19 bits per heavy atom. The Hall–Kier alpha value is -2.47. The van der Waals surface area contributed by atoms with E-state index in [0.717, 1.165) is 9.86 Å². The summed E-state index contributed by atoms with van der Waals surface area (Å²) in [6.07, 6.45) is 3.22. The van der Waals surface area contributed by atoms with Gasteiger partial charge in [-0.05, 0) is 40.2 Å². The molecule has 0 saturated carbocycles. The molecule has 0 aliphatic rings. The number of fused-ring (bicyclic) bond motifs is 1. The van der Waals surface area contributed by atoms with Crippen molar-refractivity contribution in [3.8, 4) is 0 Å². The maximum atomic E-state index is 12.3. The minimum absolute atomic E-state index is 0.201. The second-order valence-corrected chi connectivity index (χ2v) is 5.34.